The van der Waals surface area contributed by atoms with Crippen molar-refractivity contribution < 1.29 is 18.4 Å². The van der Waals surface area contributed by atoms with Gasteiger partial charge in [0.25, 0.3) is 0 Å². The standard InChI is InChI=1S/C25H27FN4O3/c26-20-8-10-21(11-9-20)29-12-14-30(15-13-29)22(23-7-4-16-33-23)18-28-25(32)24(31)27-17-19-5-2-1-3-6-19/h1-11,16,22H,12-15,17-18H2,(H,27,31)(H,28,32)/t22-/m1/s1. The molecule has 1 saturated heterocycles. The molecule has 0 spiro atoms. The first kappa shape index (κ1) is 22.5. The van der Waals surface area contributed by atoms with Crippen molar-refractivity contribution in [1.29, 1.82) is 0 Å². The van der Waals surface area contributed by atoms with Gasteiger partial charge in [-0.15, -0.1) is 0 Å². The number of carbonyl (C=O) groups excluding carboxylic acids is 2. The minimum absolute atomic E-state index is 0.193. The Hall–Kier alpha value is -3.65. The monoisotopic (exact) mass is 450 g/mol. The van der Waals surface area contributed by atoms with Gasteiger partial charge in [-0.2, -0.15) is 0 Å². The Kier molecular flexibility index (Phi) is 7.36. The number of amides is 2. The van der Waals surface area contributed by atoms with E-state index in [0.717, 1.165) is 43.2 Å². The maximum atomic E-state index is 13.2. The van der Waals surface area contributed by atoms with Crippen molar-refractivity contribution in [1.82, 2.24) is 15.5 Å². The number of benzene rings is 2. The first-order valence-electron chi connectivity index (χ1n) is 11.0. The molecule has 1 aromatic heterocycles. The highest BCUT2D eigenvalue weighted by atomic mass is 19.1. The van der Waals surface area contributed by atoms with Crippen LogP contribution in [0.5, 0.6) is 0 Å². The molecule has 8 heteroatoms. The van der Waals surface area contributed by atoms with Crippen LogP contribution >= 0.6 is 0 Å². The highest BCUT2D eigenvalue weighted by Gasteiger charge is 2.28. The lowest BCUT2D eigenvalue weighted by atomic mass is 10.1. The number of piperazine rings is 1. The molecule has 3 aromatic rings. The molecule has 2 aromatic carbocycles. The number of nitrogens with zero attached hydrogens (tertiary/aromatic N) is 2. The van der Waals surface area contributed by atoms with Crippen LogP contribution in [-0.2, 0) is 16.1 Å². The predicted octanol–water partition coefficient (Wildman–Crippen LogP) is 2.71. The minimum atomic E-state index is -0.674. The van der Waals surface area contributed by atoms with Crippen molar-refractivity contribution in [2.75, 3.05) is 37.6 Å². The lowest BCUT2D eigenvalue weighted by Crippen LogP contribution is -2.50. The number of nitrogens with one attached hydrogen (secondary N) is 2. The molecule has 1 atom stereocenters. The van der Waals surface area contributed by atoms with Gasteiger partial charge in [0.2, 0.25) is 0 Å². The Morgan fingerprint density at radius 3 is 2.24 bits per heavy atom. The fourth-order valence-corrected chi connectivity index (χ4v) is 3.96. The Labute approximate surface area is 192 Å². The average molecular weight is 451 g/mol. The fraction of sp³-hybridized carbons (Fsp3) is 0.280. The van der Waals surface area contributed by atoms with Crippen molar-refractivity contribution >= 4 is 17.5 Å². The lowest BCUT2D eigenvalue weighted by molar-refractivity contribution is -0.139. The maximum absolute atomic E-state index is 13.2. The predicted molar refractivity (Wildman–Crippen MR) is 123 cm³/mol. The molecular formula is C25H27FN4O3. The van der Waals surface area contributed by atoms with Gasteiger partial charge in [-0.25, -0.2) is 4.39 Å². The molecule has 2 amide bonds. The lowest BCUT2D eigenvalue weighted by Gasteiger charge is -2.39. The van der Waals surface area contributed by atoms with E-state index in [0.29, 0.717) is 6.54 Å². The van der Waals surface area contributed by atoms with Crippen molar-refractivity contribution in [3.8, 4) is 0 Å². The molecule has 33 heavy (non-hydrogen) atoms. The first-order chi connectivity index (χ1) is 16.1. The third-order valence-electron chi connectivity index (χ3n) is 5.78. The van der Waals surface area contributed by atoms with Gasteiger partial charge in [0.15, 0.2) is 0 Å². The third kappa shape index (κ3) is 5.98. The number of rotatable bonds is 7. The van der Waals surface area contributed by atoms with Crippen LogP contribution in [0, 0.1) is 5.82 Å². The van der Waals surface area contributed by atoms with E-state index >= 15 is 0 Å². The van der Waals surface area contributed by atoms with E-state index in [1.807, 2.05) is 42.5 Å². The molecule has 0 saturated carbocycles. The number of carbonyl (C=O) groups is 2. The van der Waals surface area contributed by atoms with Crippen molar-refractivity contribution in [3.05, 3.63) is 90.1 Å². The summed E-state index contributed by atoms with van der Waals surface area (Å²) in [5, 5.41) is 5.39. The molecule has 0 aliphatic carbocycles. The average Bonchev–Trinajstić information content (AvgIpc) is 3.39. The summed E-state index contributed by atoms with van der Waals surface area (Å²) in [4.78, 5) is 29.0. The summed E-state index contributed by atoms with van der Waals surface area (Å²) in [6, 6.07) is 19.4. The van der Waals surface area contributed by atoms with E-state index in [1.54, 1.807) is 18.4 Å². The van der Waals surface area contributed by atoms with Gasteiger partial charge in [-0.3, -0.25) is 14.5 Å². The van der Waals surface area contributed by atoms with E-state index in [1.165, 1.54) is 12.1 Å². The molecule has 0 radical (unpaired) electrons. The maximum Gasteiger partial charge on any atom is 0.309 e. The van der Waals surface area contributed by atoms with Crippen molar-refractivity contribution in [3.63, 3.8) is 0 Å². The summed E-state index contributed by atoms with van der Waals surface area (Å²) < 4.78 is 18.8. The van der Waals surface area contributed by atoms with E-state index < -0.39 is 11.8 Å². The van der Waals surface area contributed by atoms with Gasteiger partial charge in [-0.05, 0) is 42.0 Å². The highest BCUT2D eigenvalue weighted by Crippen LogP contribution is 2.24. The number of hydrogen-bond donors (Lipinski definition) is 2. The van der Waals surface area contributed by atoms with E-state index in [-0.39, 0.29) is 18.4 Å². The minimum Gasteiger partial charge on any atom is -0.468 e. The summed E-state index contributed by atoms with van der Waals surface area (Å²) in [7, 11) is 0. The number of hydrogen-bond acceptors (Lipinski definition) is 5. The Morgan fingerprint density at radius 1 is 0.879 bits per heavy atom. The van der Waals surface area contributed by atoms with Gasteiger partial charge >= 0.3 is 11.8 Å². The molecule has 172 valence electrons. The molecule has 1 fully saturated rings. The molecule has 4 rings (SSSR count). The summed E-state index contributed by atoms with van der Waals surface area (Å²) in [5.41, 5.74) is 1.90. The first-order valence-corrected chi connectivity index (χ1v) is 11.0. The third-order valence-corrected chi connectivity index (χ3v) is 5.78. The molecule has 1 aliphatic rings. The van der Waals surface area contributed by atoms with Crippen LogP contribution in [-0.4, -0.2) is 49.4 Å². The van der Waals surface area contributed by atoms with Crippen LogP contribution in [0.4, 0.5) is 10.1 Å². The van der Waals surface area contributed by atoms with E-state index in [4.69, 9.17) is 4.42 Å². The van der Waals surface area contributed by atoms with E-state index in [9.17, 15) is 14.0 Å². The second kappa shape index (κ2) is 10.8. The molecular weight excluding hydrogens is 423 g/mol. The Bertz CT molecular complexity index is 1030. The van der Waals surface area contributed by atoms with Crippen LogP contribution in [0.2, 0.25) is 0 Å². The van der Waals surface area contributed by atoms with Gasteiger partial charge in [0, 0.05) is 45.0 Å². The van der Waals surface area contributed by atoms with Crippen LogP contribution in [0.1, 0.15) is 17.4 Å². The highest BCUT2D eigenvalue weighted by molar-refractivity contribution is 6.35. The summed E-state index contributed by atoms with van der Waals surface area (Å²) >= 11 is 0. The largest absolute Gasteiger partial charge is 0.468 e. The molecule has 7 nitrogen and oxygen atoms in total. The van der Waals surface area contributed by atoms with E-state index in [2.05, 4.69) is 20.4 Å². The normalized spacial score (nSPS) is 15.1. The Morgan fingerprint density at radius 2 is 1.58 bits per heavy atom. The smallest absolute Gasteiger partial charge is 0.309 e. The second-order valence-electron chi connectivity index (χ2n) is 7.91. The molecule has 2 heterocycles. The molecule has 1 aliphatic heterocycles. The zero-order valence-electron chi connectivity index (χ0n) is 18.2. The van der Waals surface area contributed by atoms with Crippen molar-refractivity contribution in [2.45, 2.75) is 12.6 Å². The van der Waals surface area contributed by atoms with Gasteiger partial charge in [0.1, 0.15) is 11.6 Å². The molecule has 2 N–H and O–H groups in total. The Balaban J connectivity index is 1.32. The zero-order chi connectivity index (χ0) is 23.0. The second-order valence-corrected chi connectivity index (χ2v) is 7.91. The zero-order valence-corrected chi connectivity index (χ0v) is 18.2. The van der Waals surface area contributed by atoms with Crippen LogP contribution in [0.15, 0.2) is 77.4 Å². The van der Waals surface area contributed by atoms with Crippen LogP contribution in [0.25, 0.3) is 0 Å². The number of furan rings is 1. The van der Waals surface area contributed by atoms with Crippen molar-refractivity contribution in [2.24, 2.45) is 0 Å². The summed E-state index contributed by atoms with van der Waals surface area (Å²) in [5.74, 6) is -0.861. The summed E-state index contributed by atoms with van der Waals surface area (Å²) in [6.45, 7) is 3.53. The van der Waals surface area contributed by atoms with Gasteiger partial charge < -0.3 is 20.0 Å². The fourth-order valence-electron chi connectivity index (χ4n) is 3.96. The van der Waals surface area contributed by atoms with Crippen LogP contribution in [0.3, 0.4) is 0 Å². The van der Waals surface area contributed by atoms with Gasteiger partial charge in [-0.1, -0.05) is 30.3 Å². The molecule has 0 bridgehead atoms. The number of halogens is 1. The van der Waals surface area contributed by atoms with Gasteiger partial charge in [0.05, 0.1) is 12.3 Å². The quantitative estimate of drug-likeness (QED) is 0.542. The SMILES string of the molecule is O=C(NCc1ccccc1)C(=O)NC[C@H](c1ccco1)N1CCN(c2ccc(F)cc2)CC1. The summed E-state index contributed by atoms with van der Waals surface area (Å²) in [6.07, 6.45) is 1.60. The number of anilines is 1. The van der Waals surface area contributed by atoms with Crippen LogP contribution < -0.4 is 15.5 Å². The molecule has 0 unspecified atom stereocenters. The topological polar surface area (TPSA) is 77.8 Å².